The van der Waals surface area contributed by atoms with Crippen molar-refractivity contribution in [2.24, 2.45) is 0 Å². The van der Waals surface area contributed by atoms with Crippen LogP contribution in [0.25, 0.3) is 0 Å². The van der Waals surface area contributed by atoms with E-state index in [9.17, 15) is 8.42 Å². The van der Waals surface area contributed by atoms with E-state index in [4.69, 9.17) is 0 Å². The fraction of sp³-hybridized carbons (Fsp3) is 0.333. The van der Waals surface area contributed by atoms with Crippen LogP contribution in [-0.2, 0) is 21.6 Å². The van der Waals surface area contributed by atoms with Crippen LogP contribution in [0.1, 0.15) is 5.56 Å². The molecule has 0 heterocycles. The highest BCUT2D eigenvalue weighted by molar-refractivity contribution is 7.87. The maximum absolute atomic E-state index is 11.4. The minimum absolute atomic E-state index is 0.681. The van der Waals surface area contributed by atoms with Gasteiger partial charge in [0.25, 0.3) is 0 Å². The maximum Gasteiger partial charge on any atom is 0.0575 e. The van der Waals surface area contributed by atoms with Crippen molar-refractivity contribution in [3.8, 4) is 0 Å². The summed E-state index contributed by atoms with van der Waals surface area (Å²) in [4.78, 5) is 1.39. The number of aryl methyl sites for hydroxylation is 1. The minimum Gasteiger partial charge on any atom is -0.255 e. The molecule has 0 bridgehead atoms. The first-order valence-electron chi connectivity index (χ1n) is 3.80. The second kappa shape index (κ2) is 4.15. The van der Waals surface area contributed by atoms with Crippen molar-refractivity contribution in [3.63, 3.8) is 0 Å². The minimum atomic E-state index is -1.07. The molecule has 2 unspecified atom stereocenters. The number of hydrogen-bond donors (Lipinski definition) is 0. The Labute approximate surface area is 83.3 Å². The molecule has 0 saturated carbocycles. The second-order valence-corrected chi connectivity index (χ2v) is 5.47. The van der Waals surface area contributed by atoms with E-state index in [0.717, 1.165) is 5.56 Å². The van der Waals surface area contributed by atoms with E-state index < -0.39 is 21.6 Å². The lowest BCUT2D eigenvalue weighted by Gasteiger charge is -2.06. The van der Waals surface area contributed by atoms with Crippen molar-refractivity contribution in [2.45, 2.75) is 16.7 Å². The van der Waals surface area contributed by atoms with E-state index in [1.54, 1.807) is 18.6 Å². The number of benzene rings is 1. The van der Waals surface area contributed by atoms with Crippen LogP contribution in [0.2, 0.25) is 0 Å². The lowest BCUT2D eigenvalue weighted by Crippen LogP contribution is -2.00. The first-order chi connectivity index (χ1) is 6.04. The van der Waals surface area contributed by atoms with Crippen LogP contribution in [0.15, 0.2) is 28.0 Å². The van der Waals surface area contributed by atoms with Crippen molar-refractivity contribution in [1.29, 1.82) is 0 Å². The smallest absolute Gasteiger partial charge is 0.0575 e. The molecule has 1 aromatic carbocycles. The normalized spacial score (nSPS) is 15.3. The highest BCUT2D eigenvalue weighted by Crippen LogP contribution is 2.20. The lowest BCUT2D eigenvalue weighted by atomic mass is 10.2. The molecule has 0 aliphatic carbocycles. The van der Waals surface area contributed by atoms with Crippen LogP contribution in [-0.4, -0.2) is 20.9 Å². The lowest BCUT2D eigenvalue weighted by molar-refractivity contribution is 0.678. The van der Waals surface area contributed by atoms with Gasteiger partial charge >= 0.3 is 0 Å². The van der Waals surface area contributed by atoms with Crippen LogP contribution in [0.3, 0.4) is 0 Å². The van der Waals surface area contributed by atoms with Crippen LogP contribution < -0.4 is 0 Å². The fourth-order valence-electron chi connectivity index (χ4n) is 1.22. The van der Waals surface area contributed by atoms with Gasteiger partial charge < -0.3 is 0 Å². The average Bonchev–Trinajstić information content (AvgIpc) is 2.02. The van der Waals surface area contributed by atoms with Gasteiger partial charge in [-0.3, -0.25) is 8.42 Å². The summed E-state index contributed by atoms with van der Waals surface area (Å²) in [5.41, 5.74) is 0.938. The van der Waals surface area contributed by atoms with Crippen LogP contribution >= 0.6 is 0 Å². The summed E-state index contributed by atoms with van der Waals surface area (Å²) in [6.45, 7) is 1.88. The van der Waals surface area contributed by atoms with Gasteiger partial charge in [-0.15, -0.1) is 0 Å². The standard InChI is InChI=1S/C9H12O2S2/c1-7-5-4-6-8(12(2)10)9(7)13(3)11/h4-6H,1-3H3. The molecule has 4 heteroatoms. The van der Waals surface area contributed by atoms with Crippen molar-refractivity contribution < 1.29 is 8.42 Å². The van der Waals surface area contributed by atoms with Crippen molar-refractivity contribution in [3.05, 3.63) is 23.8 Å². The van der Waals surface area contributed by atoms with E-state index in [1.807, 2.05) is 19.1 Å². The van der Waals surface area contributed by atoms with E-state index in [0.29, 0.717) is 9.79 Å². The van der Waals surface area contributed by atoms with Gasteiger partial charge in [0.2, 0.25) is 0 Å². The molecule has 72 valence electrons. The van der Waals surface area contributed by atoms with Crippen LogP contribution in [0.5, 0.6) is 0 Å². The Morgan fingerprint density at radius 3 is 2.08 bits per heavy atom. The van der Waals surface area contributed by atoms with E-state index in [1.165, 1.54) is 0 Å². The van der Waals surface area contributed by atoms with Gasteiger partial charge in [-0.25, -0.2) is 0 Å². The third-order valence-corrected chi connectivity index (χ3v) is 3.98. The number of hydrogen-bond acceptors (Lipinski definition) is 2. The Hall–Kier alpha value is -0.480. The third-order valence-electron chi connectivity index (χ3n) is 1.77. The Balaban J connectivity index is 3.43. The molecule has 0 aliphatic rings. The van der Waals surface area contributed by atoms with Gasteiger partial charge in [0.1, 0.15) is 0 Å². The van der Waals surface area contributed by atoms with Gasteiger partial charge in [-0.05, 0) is 18.6 Å². The van der Waals surface area contributed by atoms with Crippen molar-refractivity contribution >= 4 is 21.6 Å². The monoisotopic (exact) mass is 216 g/mol. The predicted molar refractivity (Wildman–Crippen MR) is 55.8 cm³/mol. The molecule has 0 aromatic heterocycles. The highest BCUT2D eigenvalue weighted by atomic mass is 32.2. The van der Waals surface area contributed by atoms with E-state index >= 15 is 0 Å². The maximum atomic E-state index is 11.4. The molecule has 0 N–H and O–H groups in total. The second-order valence-electron chi connectivity index (χ2n) is 2.81. The van der Waals surface area contributed by atoms with Gasteiger partial charge in [0, 0.05) is 12.5 Å². The van der Waals surface area contributed by atoms with Crippen molar-refractivity contribution in [2.75, 3.05) is 12.5 Å². The summed E-state index contributed by atoms with van der Waals surface area (Å²) in [6.07, 6.45) is 3.21. The fourth-order valence-corrected chi connectivity index (χ4v) is 3.49. The molecular formula is C9H12O2S2. The summed E-state index contributed by atoms with van der Waals surface area (Å²) >= 11 is 0. The third kappa shape index (κ3) is 2.25. The zero-order valence-corrected chi connectivity index (χ0v) is 9.50. The van der Waals surface area contributed by atoms with E-state index in [2.05, 4.69) is 0 Å². The zero-order valence-electron chi connectivity index (χ0n) is 7.87. The summed E-state index contributed by atoms with van der Waals surface area (Å²) in [5.74, 6) is 0. The first kappa shape index (κ1) is 10.6. The molecule has 0 amide bonds. The highest BCUT2D eigenvalue weighted by Gasteiger charge is 2.11. The van der Waals surface area contributed by atoms with Gasteiger partial charge in [-0.2, -0.15) is 0 Å². The topological polar surface area (TPSA) is 34.1 Å². The zero-order chi connectivity index (χ0) is 10.0. The van der Waals surface area contributed by atoms with Gasteiger partial charge in [0.05, 0.1) is 31.4 Å². The number of rotatable bonds is 2. The SMILES string of the molecule is Cc1cccc(S(C)=O)c1S(C)=O. The Morgan fingerprint density at radius 1 is 1.08 bits per heavy atom. The van der Waals surface area contributed by atoms with Crippen LogP contribution in [0, 0.1) is 6.92 Å². The molecule has 0 fully saturated rings. The molecule has 2 atom stereocenters. The summed E-state index contributed by atoms with van der Waals surface area (Å²) in [6, 6.07) is 5.48. The van der Waals surface area contributed by atoms with Crippen LogP contribution in [0.4, 0.5) is 0 Å². The quantitative estimate of drug-likeness (QED) is 0.750. The molecular weight excluding hydrogens is 204 g/mol. The molecule has 0 radical (unpaired) electrons. The summed E-state index contributed by atoms with van der Waals surface area (Å²) in [5, 5.41) is 0. The Kier molecular flexibility index (Phi) is 3.39. The van der Waals surface area contributed by atoms with Gasteiger partial charge in [0.15, 0.2) is 0 Å². The molecule has 0 spiro atoms. The van der Waals surface area contributed by atoms with Crippen molar-refractivity contribution in [1.82, 2.24) is 0 Å². The Morgan fingerprint density at radius 2 is 1.69 bits per heavy atom. The molecule has 1 aromatic rings. The Bertz CT molecular complexity index is 372. The molecule has 0 aliphatic heterocycles. The molecule has 13 heavy (non-hydrogen) atoms. The van der Waals surface area contributed by atoms with E-state index in [-0.39, 0.29) is 0 Å². The molecule has 2 nitrogen and oxygen atoms in total. The van der Waals surface area contributed by atoms with Gasteiger partial charge in [-0.1, -0.05) is 12.1 Å². The predicted octanol–water partition coefficient (Wildman–Crippen LogP) is 1.47. The molecule has 0 saturated heterocycles. The summed E-state index contributed by atoms with van der Waals surface area (Å²) < 4.78 is 22.7. The average molecular weight is 216 g/mol. The summed E-state index contributed by atoms with van der Waals surface area (Å²) in [7, 11) is -2.13. The largest absolute Gasteiger partial charge is 0.255 e. The molecule has 1 rings (SSSR count). The first-order valence-corrected chi connectivity index (χ1v) is 6.92.